The van der Waals surface area contributed by atoms with E-state index in [1.165, 1.54) is 6.07 Å². The molecule has 2 rings (SSSR count). The molecule has 4 heteroatoms. The normalized spacial score (nSPS) is 20.4. The number of aromatic hydroxyl groups is 1. The van der Waals surface area contributed by atoms with Crippen LogP contribution in [0.5, 0.6) is 5.75 Å². The Hall–Kier alpha value is -1.22. The van der Waals surface area contributed by atoms with Crippen molar-refractivity contribution in [1.82, 2.24) is 0 Å². The van der Waals surface area contributed by atoms with Gasteiger partial charge in [0.25, 0.3) is 0 Å². The maximum absolute atomic E-state index is 9.17. The predicted molar refractivity (Wildman–Crippen MR) is 55.1 cm³/mol. The quantitative estimate of drug-likeness (QED) is 0.774. The van der Waals surface area contributed by atoms with Crippen molar-refractivity contribution in [1.29, 1.82) is 0 Å². The van der Waals surface area contributed by atoms with Gasteiger partial charge in [-0.15, -0.1) is 0 Å². The molecule has 0 aliphatic carbocycles. The lowest BCUT2D eigenvalue weighted by Gasteiger charge is -2.03. The highest BCUT2D eigenvalue weighted by Gasteiger charge is 2.18. The summed E-state index contributed by atoms with van der Waals surface area (Å²) in [6, 6.07) is 4.92. The Bertz CT molecular complexity index is 390. The fourth-order valence-corrected chi connectivity index (χ4v) is 1.55. The fourth-order valence-electron chi connectivity index (χ4n) is 1.30. The van der Waals surface area contributed by atoms with E-state index in [4.69, 9.17) is 21.4 Å². The van der Waals surface area contributed by atoms with Gasteiger partial charge in [0.2, 0.25) is 5.90 Å². The van der Waals surface area contributed by atoms with Gasteiger partial charge in [0.15, 0.2) is 0 Å². The molecule has 1 unspecified atom stereocenters. The minimum absolute atomic E-state index is 0.144. The number of aliphatic imine (C=N–C) groups is 1. The Kier molecular flexibility index (Phi) is 2.33. The van der Waals surface area contributed by atoms with Crippen molar-refractivity contribution in [3.8, 4) is 5.75 Å². The summed E-state index contributed by atoms with van der Waals surface area (Å²) in [4.78, 5) is 4.28. The van der Waals surface area contributed by atoms with Crippen molar-refractivity contribution >= 4 is 17.5 Å². The zero-order valence-electron chi connectivity index (χ0n) is 7.70. The molecule has 1 N–H and O–H groups in total. The van der Waals surface area contributed by atoms with Gasteiger partial charge in [0, 0.05) is 0 Å². The predicted octanol–water partition coefficient (Wildman–Crippen LogP) is 2.21. The first kappa shape index (κ1) is 9.34. The molecule has 14 heavy (non-hydrogen) atoms. The van der Waals surface area contributed by atoms with Gasteiger partial charge < -0.3 is 9.84 Å². The topological polar surface area (TPSA) is 41.8 Å². The average Bonchev–Trinajstić information content (AvgIpc) is 2.51. The molecule has 74 valence electrons. The lowest BCUT2D eigenvalue weighted by molar-refractivity contribution is 0.324. The highest BCUT2D eigenvalue weighted by molar-refractivity contribution is 6.34. The molecule has 0 spiro atoms. The summed E-state index contributed by atoms with van der Waals surface area (Å²) in [5, 5.41) is 9.62. The molecule has 1 aromatic rings. The van der Waals surface area contributed by atoms with E-state index < -0.39 is 0 Å². The summed E-state index contributed by atoms with van der Waals surface area (Å²) in [7, 11) is 0. The Morgan fingerprint density at radius 1 is 1.57 bits per heavy atom. The van der Waals surface area contributed by atoms with Crippen LogP contribution in [0, 0.1) is 0 Å². The van der Waals surface area contributed by atoms with E-state index in [9.17, 15) is 0 Å². The van der Waals surface area contributed by atoms with E-state index in [0.29, 0.717) is 17.5 Å². The number of phenols is 1. The highest BCUT2D eigenvalue weighted by atomic mass is 35.5. The second kappa shape index (κ2) is 3.50. The van der Waals surface area contributed by atoms with Gasteiger partial charge >= 0.3 is 0 Å². The average molecular weight is 212 g/mol. The monoisotopic (exact) mass is 211 g/mol. The van der Waals surface area contributed by atoms with E-state index in [-0.39, 0.29) is 11.8 Å². The maximum atomic E-state index is 9.17. The van der Waals surface area contributed by atoms with Gasteiger partial charge in [-0.05, 0) is 25.1 Å². The summed E-state index contributed by atoms with van der Waals surface area (Å²) in [6.45, 7) is 2.56. The van der Waals surface area contributed by atoms with Crippen LogP contribution in [0.1, 0.15) is 12.5 Å². The van der Waals surface area contributed by atoms with Crippen LogP contribution in [-0.2, 0) is 4.74 Å². The third-order valence-corrected chi connectivity index (χ3v) is 2.29. The van der Waals surface area contributed by atoms with Crippen molar-refractivity contribution < 1.29 is 9.84 Å². The van der Waals surface area contributed by atoms with Gasteiger partial charge in [0.1, 0.15) is 12.4 Å². The van der Waals surface area contributed by atoms with Crippen LogP contribution in [0.3, 0.4) is 0 Å². The number of ether oxygens (including phenoxy) is 1. The molecule has 0 aromatic heterocycles. The number of rotatable bonds is 1. The van der Waals surface area contributed by atoms with E-state index in [1.807, 2.05) is 6.92 Å². The van der Waals surface area contributed by atoms with Crippen molar-refractivity contribution in [2.24, 2.45) is 4.99 Å². The molecule has 1 atom stereocenters. The molecule has 0 amide bonds. The molecular formula is C10H10ClNO2. The SMILES string of the molecule is CC1COC(c2ccc(O)cc2Cl)=N1. The number of phenolic OH excluding ortho intramolecular Hbond substituents is 1. The first-order chi connectivity index (χ1) is 6.66. The third kappa shape index (κ3) is 1.68. The van der Waals surface area contributed by atoms with Crippen LogP contribution in [0.15, 0.2) is 23.2 Å². The van der Waals surface area contributed by atoms with Crippen LogP contribution >= 0.6 is 11.6 Å². The highest BCUT2D eigenvalue weighted by Crippen LogP contribution is 2.24. The standard InChI is InChI=1S/C10H10ClNO2/c1-6-5-14-10(12-6)8-3-2-7(13)4-9(8)11/h2-4,6,13H,5H2,1H3. The van der Waals surface area contributed by atoms with Crippen LogP contribution in [0.2, 0.25) is 5.02 Å². The molecule has 0 radical (unpaired) electrons. The van der Waals surface area contributed by atoms with E-state index in [0.717, 1.165) is 5.56 Å². The second-order valence-corrected chi connectivity index (χ2v) is 3.67. The second-order valence-electron chi connectivity index (χ2n) is 3.26. The van der Waals surface area contributed by atoms with Gasteiger partial charge in [-0.1, -0.05) is 11.6 Å². The van der Waals surface area contributed by atoms with Gasteiger partial charge in [-0.2, -0.15) is 0 Å². The van der Waals surface area contributed by atoms with Crippen molar-refractivity contribution in [2.75, 3.05) is 6.61 Å². The fraction of sp³-hybridized carbons (Fsp3) is 0.300. The molecule has 1 heterocycles. The number of nitrogens with zero attached hydrogens (tertiary/aromatic N) is 1. The Labute approximate surface area is 87.0 Å². The Morgan fingerprint density at radius 3 is 2.93 bits per heavy atom. The smallest absolute Gasteiger partial charge is 0.218 e. The lowest BCUT2D eigenvalue weighted by Crippen LogP contribution is -2.02. The number of benzene rings is 1. The first-order valence-electron chi connectivity index (χ1n) is 4.36. The van der Waals surface area contributed by atoms with Crippen LogP contribution < -0.4 is 0 Å². The Balaban J connectivity index is 2.37. The maximum Gasteiger partial charge on any atom is 0.218 e. The van der Waals surface area contributed by atoms with Gasteiger partial charge in [-0.25, -0.2) is 4.99 Å². The lowest BCUT2D eigenvalue weighted by atomic mass is 10.2. The summed E-state index contributed by atoms with van der Waals surface area (Å²) < 4.78 is 5.36. The zero-order valence-corrected chi connectivity index (χ0v) is 8.45. The van der Waals surface area contributed by atoms with Crippen LogP contribution in [0.4, 0.5) is 0 Å². The van der Waals surface area contributed by atoms with E-state index >= 15 is 0 Å². The molecule has 0 fully saturated rings. The molecular weight excluding hydrogens is 202 g/mol. The minimum Gasteiger partial charge on any atom is -0.508 e. The molecule has 1 aromatic carbocycles. The summed E-state index contributed by atoms with van der Waals surface area (Å²) in [6.07, 6.45) is 0. The zero-order chi connectivity index (χ0) is 10.1. The largest absolute Gasteiger partial charge is 0.508 e. The first-order valence-corrected chi connectivity index (χ1v) is 4.74. The molecule has 0 saturated heterocycles. The van der Waals surface area contributed by atoms with Crippen LogP contribution in [0.25, 0.3) is 0 Å². The number of hydrogen-bond donors (Lipinski definition) is 1. The van der Waals surface area contributed by atoms with Crippen molar-refractivity contribution in [3.05, 3.63) is 28.8 Å². The summed E-state index contributed by atoms with van der Waals surface area (Å²) in [5.74, 6) is 0.702. The van der Waals surface area contributed by atoms with E-state index in [2.05, 4.69) is 4.99 Å². The summed E-state index contributed by atoms with van der Waals surface area (Å²) in [5.41, 5.74) is 0.730. The van der Waals surface area contributed by atoms with Crippen molar-refractivity contribution in [2.45, 2.75) is 13.0 Å². The molecule has 1 aliphatic rings. The number of halogens is 1. The number of hydrogen-bond acceptors (Lipinski definition) is 3. The Morgan fingerprint density at radius 2 is 2.36 bits per heavy atom. The minimum atomic E-state index is 0.144. The molecule has 0 saturated carbocycles. The molecule has 1 aliphatic heterocycles. The molecule has 3 nitrogen and oxygen atoms in total. The van der Waals surface area contributed by atoms with Crippen molar-refractivity contribution in [3.63, 3.8) is 0 Å². The van der Waals surface area contributed by atoms with Crippen LogP contribution in [-0.4, -0.2) is 23.7 Å². The third-order valence-electron chi connectivity index (χ3n) is 1.98. The van der Waals surface area contributed by atoms with Gasteiger partial charge in [0.05, 0.1) is 16.6 Å². The molecule has 0 bridgehead atoms. The van der Waals surface area contributed by atoms with E-state index in [1.54, 1.807) is 12.1 Å². The summed E-state index contributed by atoms with van der Waals surface area (Å²) >= 11 is 5.94. The van der Waals surface area contributed by atoms with Gasteiger partial charge in [-0.3, -0.25) is 0 Å².